The molecule has 0 aliphatic rings. The van der Waals surface area contributed by atoms with E-state index >= 15 is 0 Å². The van der Waals surface area contributed by atoms with Gasteiger partial charge in [0.2, 0.25) is 0 Å². The molecule has 0 amide bonds. The van der Waals surface area contributed by atoms with Gasteiger partial charge in [-0.2, -0.15) is 0 Å². The Balaban J connectivity index is 4.44. The van der Waals surface area contributed by atoms with Crippen molar-refractivity contribution in [3.8, 4) is 0 Å². The van der Waals surface area contributed by atoms with Gasteiger partial charge in [0, 0.05) is 19.3 Å². The zero-order valence-corrected chi connectivity index (χ0v) is 31.7. The molecule has 280 valence electrons. The molecule has 2 atom stereocenters. The van der Waals surface area contributed by atoms with Crippen LogP contribution in [-0.2, 0) is 28.6 Å². The molecule has 0 bridgehead atoms. The van der Waals surface area contributed by atoms with Crippen LogP contribution in [0.5, 0.6) is 0 Å². The summed E-state index contributed by atoms with van der Waals surface area (Å²) in [6, 6.07) is -0.613. The fourth-order valence-electron chi connectivity index (χ4n) is 5.48. The molecule has 0 aliphatic heterocycles. The molecule has 0 spiro atoms. The maximum Gasteiger partial charge on any atom is 0.362 e. The van der Waals surface area contributed by atoms with Crippen molar-refractivity contribution in [2.75, 3.05) is 41.0 Å². The topological polar surface area (TPSA) is 99.1 Å². The Morgan fingerprint density at radius 3 is 1.56 bits per heavy atom. The summed E-state index contributed by atoms with van der Waals surface area (Å²) in [5, 5.41) is 9.57. The maximum absolute atomic E-state index is 12.6. The molecule has 0 aromatic heterocycles. The number of nitrogens with zero attached hydrogens (tertiary/aromatic N) is 1. The van der Waals surface area contributed by atoms with E-state index in [0.29, 0.717) is 19.3 Å². The van der Waals surface area contributed by atoms with E-state index in [2.05, 4.69) is 38.2 Å². The van der Waals surface area contributed by atoms with Gasteiger partial charge in [0.15, 0.2) is 12.1 Å². The average Bonchev–Trinajstić information content (AvgIpc) is 3.03. The molecule has 1 N–H and O–H groups in total. The van der Waals surface area contributed by atoms with Crippen molar-refractivity contribution in [3.63, 3.8) is 0 Å². The SMILES string of the molecule is CCCC/C=C\CCCCCCCC(=O)OCC(COCCC(C(=O)O)[N+](C)(C)C)OC(=O)CCCCCCC/C=C\CCCCCC. The van der Waals surface area contributed by atoms with Gasteiger partial charge in [0.1, 0.15) is 6.61 Å². The maximum atomic E-state index is 12.6. The second kappa shape index (κ2) is 32.0. The summed E-state index contributed by atoms with van der Waals surface area (Å²) in [6.45, 7) is 4.65. The van der Waals surface area contributed by atoms with Crippen molar-refractivity contribution in [2.24, 2.45) is 0 Å². The van der Waals surface area contributed by atoms with E-state index in [-0.39, 0.29) is 36.2 Å². The summed E-state index contributed by atoms with van der Waals surface area (Å²) in [7, 11) is 5.51. The smallest absolute Gasteiger partial charge is 0.362 e. The predicted molar refractivity (Wildman–Crippen MR) is 197 cm³/mol. The number of ether oxygens (including phenoxy) is 3. The number of allylic oxidation sites excluding steroid dienone is 4. The standard InChI is InChI=1S/C40H73NO7/c1-6-8-10-12-14-16-18-19-21-23-25-27-29-31-39(43)48-36(34-46-33-32-37(40(44)45)41(3,4)5)35-47-38(42)30-28-26-24-22-20-17-15-13-11-9-7-2/h13,15-16,18,36-37H,6-12,14,17,19-35H2,1-5H3/p+1/b15-13-,18-16-. The Morgan fingerprint density at radius 2 is 1.06 bits per heavy atom. The lowest BCUT2D eigenvalue weighted by atomic mass is 10.1. The van der Waals surface area contributed by atoms with Crippen molar-refractivity contribution < 1.29 is 38.2 Å². The summed E-state index contributed by atoms with van der Waals surface area (Å²) >= 11 is 0. The highest BCUT2D eigenvalue weighted by atomic mass is 16.6. The van der Waals surface area contributed by atoms with Gasteiger partial charge in [-0.15, -0.1) is 0 Å². The molecule has 0 aliphatic carbocycles. The average molecular weight is 681 g/mol. The van der Waals surface area contributed by atoms with E-state index in [9.17, 15) is 19.5 Å². The van der Waals surface area contributed by atoms with Gasteiger partial charge >= 0.3 is 17.9 Å². The number of carboxylic acid groups (broad SMARTS) is 1. The third kappa shape index (κ3) is 29.9. The molecular formula is C40H74NO7+. The Labute approximate surface area is 294 Å². The molecule has 0 aromatic rings. The van der Waals surface area contributed by atoms with Crippen LogP contribution in [0.1, 0.15) is 162 Å². The van der Waals surface area contributed by atoms with Crippen molar-refractivity contribution in [2.45, 2.75) is 174 Å². The molecule has 8 heteroatoms. The lowest BCUT2D eigenvalue weighted by Crippen LogP contribution is -2.50. The van der Waals surface area contributed by atoms with Gasteiger partial charge in [-0.25, -0.2) is 4.79 Å². The summed E-state index contributed by atoms with van der Waals surface area (Å²) < 4.78 is 17.2. The monoisotopic (exact) mass is 681 g/mol. The quantitative estimate of drug-likeness (QED) is 0.0313. The second-order valence-electron chi connectivity index (χ2n) is 14.2. The first-order valence-corrected chi connectivity index (χ1v) is 19.4. The van der Waals surface area contributed by atoms with E-state index in [1.807, 2.05) is 21.1 Å². The van der Waals surface area contributed by atoms with E-state index < -0.39 is 18.1 Å². The molecule has 0 aromatic carbocycles. The van der Waals surface area contributed by atoms with Crippen LogP contribution in [0.25, 0.3) is 0 Å². The number of carboxylic acids is 1. The zero-order valence-electron chi connectivity index (χ0n) is 31.7. The van der Waals surface area contributed by atoms with Crippen molar-refractivity contribution in [1.82, 2.24) is 0 Å². The van der Waals surface area contributed by atoms with Gasteiger partial charge in [0.25, 0.3) is 0 Å². The number of esters is 2. The van der Waals surface area contributed by atoms with Crippen LogP contribution in [0.15, 0.2) is 24.3 Å². The molecule has 0 heterocycles. The van der Waals surface area contributed by atoms with Gasteiger partial charge in [-0.05, 0) is 57.8 Å². The summed E-state index contributed by atoms with van der Waals surface area (Å²) in [5.74, 6) is -1.49. The number of carbonyl (C=O) groups excluding carboxylic acids is 2. The van der Waals surface area contributed by atoms with Gasteiger partial charge in [-0.3, -0.25) is 9.59 Å². The normalized spacial score (nSPS) is 13.3. The summed E-state index contributed by atoms with van der Waals surface area (Å²) in [6.07, 6.45) is 32.1. The van der Waals surface area contributed by atoms with Crippen LogP contribution in [0.4, 0.5) is 0 Å². The molecule has 0 saturated heterocycles. The number of quaternary nitrogens is 1. The Kier molecular flexibility index (Phi) is 30.6. The number of carbonyl (C=O) groups is 3. The minimum absolute atomic E-state index is 0.0568. The lowest BCUT2D eigenvalue weighted by Gasteiger charge is -2.31. The van der Waals surface area contributed by atoms with Crippen LogP contribution >= 0.6 is 0 Å². The van der Waals surface area contributed by atoms with Gasteiger partial charge in [-0.1, -0.05) is 109 Å². The Bertz CT molecular complexity index is 849. The minimum Gasteiger partial charge on any atom is -0.477 e. The first-order valence-electron chi connectivity index (χ1n) is 19.4. The number of hydrogen-bond acceptors (Lipinski definition) is 6. The Hall–Kier alpha value is -2.19. The van der Waals surface area contributed by atoms with Crippen LogP contribution in [0.2, 0.25) is 0 Å². The fraction of sp³-hybridized carbons (Fsp3) is 0.825. The van der Waals surface area contributed by atoms with Crippen LogP contribution in [-0.4, -0.2) is 80.6 Å². The summed E-state index contributed by atoms with van der Waals surface area (Å²) in [5.41, 5.74) is 0. The molecule has 0 radical (unpaired) electrons. The molecule has 48 heavy (non-hydrogen) atoms. The van der Waals surface area contributed by atoms with E-state index in [0.717, 1.165) is 64.2 Å². The molecule has 0 rings (SSSR count). The molecule has 8 nitrogen and oxygen atoms in total. The molecule has 2 unspecified atom stereocenters. The van der Waals surface area contributed by atoms with Gasteiger partial charge < -0.3 is 23.8 Å². The van der Waals surface area contributed by atoms with E-state index in [1.165, 1.54) is 64.2 Å². The highest BCUT2D eigenvalue weighted by molar-refractivity contribution is 5.72. The second-order valence-corrected chi connectivity index (χ2v) is 14.2. The minimum atomic E-state index is -0.878. The van der Waals surface area contributed by atoms with Crippen LogP contribution in [0.3, 0.4) is 0 Å². The highest BCUT2D eigenvalue weighted by Crippen LogP contribution is 2.13. The number of likely N-dealkylation sites (N-methyl/N-ethyl adjacent to an activating group) is 1. The summed E-state index contributed by atoms with van der Waals surface area (Å²) in [4.78, 5) is 36.7. The fourth-order valence-corrected chi connectivity index (χ4v) is 5.48. The third-order valence-corrected chi connectivity index (χ3v) is 8.57. The number of unbranched alkanes of at least 4 members (excludes halogenated alkanes) is 16. The third-order valence-electron chi connectivity index (χ3n) is 8.57. The first kappa shape index (κ1) is 45.8. The van der Waals surface area contributed by atoms with Gasteiger partial charge in [0.05, 0.1) is 34.4 Å². The Morgan fingerprint density at radius 1 is 0.604 bits per heavy atom. The van der Waals surface area contributed by atoms with Crippen molar-refractivity contribution >= 4 is 17.9 Å². The number of aliphatic carboxylic acids is 1. The number of rotatable bonds is 34. The van der Waals surface area contributed by atoms with E-state index in [1.54, 1.807) is 0 Å². The molecule has 0 saturated carbocycles. The predicted octanol–water partition coefficient (Wildman–Crippen LogP) is 9.74. The van der Waals surface area contributed by atoms with Crippen LogP contribution in [0, 0.1) is 0 Å². The number of hydrogen-bond donors (Lipinski definition) is 1. The van der Waals surface area contributed by atoms with Crippen molar-refractivity contribution in [1.29, 1.82) is 0 Å². The zero-order chi connectivity index (χ0) is 35.7. The first-order chi connectivity index (χ1) is 23.1. The largest absolute Gasteiger partial charge is 0.477 e. The van der Waals surface area contributed by atoms with Crippen molar-refractivity contribution in [3.05, 3.63) is 24.3 Å². The lowest BCUT2D eigenvalue weighted by molar-refractivity contribution is -0.887. The van der Waals surface area contributed by atoms with Crippen LogP contribution < -0.4 is 0 Å². The highest BCUT2D eigenvalue weighted by Gasteiger charge is 2.31. The van der Waals surface area contributed by atoms with E-state index in [4.69, 9.17) is 14.2 Å². The molecule has 0 fully saturated rings. The molecular weight excluding hydrogens is 606 g/mol.